The number of carbonyl (C=O) groups is 3. The molecule has 2 N–H and O–H groups in total. The molecule has 41 heavy (non-hydrogen) atoms. The van der Waals surface area contributed by atoms with Gasteiger partial charge in [-0.05, 0) is 49.2 Å². The van der Waals surface area contributed by atoms with Crippen LogP contribution in [0.2, 0.25) is 0 Å². The SMILES string of the molecule is COc1cccc(N2CCN(C(=O)c3cc(Cc4n[nH]c(=O)c(C)c4C)ccc3F)CC2=O)c1.O=C(O)C(F)(F)F. The molecule has 218 valence electrons. The van der Waals surface area contributed by atoms with E-state index in [4.69, 9.17) is 14.6 Å². The topological polar surface area (TPSA) is 133 Å². The maximum Gasteiger partial charge on any atom is 0.490 e. The van der Waals surface area contributed by atoms with Gasteiger partial charge in [0.2, 0.25) is 5.91 Å². The number of ether oxygens (including phenoxy) is 1. The average molecular weight is 579 g/mol. The Morgan fingerprint density at radius 1 is 1.07 bits per heavy atom. The van der Waals surface area contributed by atoms with Crippen molar-refractivity contribution in [3.8, 4) is 5.75 Å². The van der Waals surface area contributed by atoms with Gasteiger partial charge < -0.3 is 19.6 Å². The van der Waals surface area contributed by atoms with Crippen LogP contribution in [0.5, 0.6) is 5.75 Å². The van der Waals surface area contributed by atoms with Crippen molar-refractivity contribution in [2.45, 2.75) is 26.4 Å². The minimum Gasteiger partial charge on any atom is -0.497 e. The predicted octanol–water partition coefficient (Wildman–Crippen LogP) is 3.25. The molecule has 0 radical (unpaired) electrons. The highest BCUT2D eigenvalue weighted by Crippen LogP contribution is 2.24. The van der Waals surface area contributed by atoms with Gasteiger partial charge in [-0.3, -0.25) is 14.4 Å². The highest BCUT2D eigenvalue weighted by Gasteiger charge is 2.38. The zero-order valence-corrected chi connectivity index (χ0v) is 22.2. The van der Waals surface area contributed by atoms with Gasteiger partial charge in [-0.1, -0.05) is 12.1 Å². The van der Waals surface area contributed by atoms with Crippen molar-refractivity contribution in [1.82, 2.24) is 15.1 Å². The Balaban J connectivity index is 0.000000587. The van der Waals surface area contributed by atoms with E-state index in [1.807, 2.05) is 0 Å². The zero-order valence-electron chi connectivity index (χ0n) is 22.2. The minimum absolute atomic E-state index is 0.0982. The zero-order chi connectivity index (χ0) is 30.5. The standard InChI is InChI=1S/C25H25FN4O4.C2HF3O2/c1-15-16(2)24(32)28-27-22(15)12-17-7-8-21(26)20(11-17)25(33)29-9-10-30(23(31)14-29)18-5-4-6-19(13-18)34-3;3-2(4,5)1(6)7/h4-8,11,13H,9-10,12,14H2,1-3H3,(H,28,32);(H,6,7). The van der Waals surface area contributed by atoms with Crippen molar-refractivity contribution in [3.05, 3.63) is 86.6 Å². The van der Waals surface area contributed by atoms with E-state index in [0.29, 0.717) is 41.2 Å². The summed E-state index contributed by atoms with van der Waals surface area (Å²) in [5.74, 6) is -3.58. The van der Waals surface area contributed by atoms with Crippen molar-refractivity contribution in [3.63, 3.8) is 0 Å². The monoisotopic (exact) mass is 578 g/mol. The summed E-state index contributed by atoms with van der Waals surface area (Å²) in [6.07, 6.45) is -4.76. The Hall–Kier alpha value is -4.75. The van der Waals surface area contributed by atoms with Gasteiger partial charge in [-0.2, -0.15) is 18.3 Å². The molecule has 0 bridgehead atoms. The third-order valence-electron chi connectivity index (χ3n) is 6.38. The summed E-state index contributed by atoms with van der Waals surface area (Å²) in [6.45, 7) is 3.92. The molecule has 14 heteroatoms. The number of nitrogens with zero attached hydrogens (tertiary/aromatic N) is 3. The molecule has 1 fully saturated rings. The van der Waals surface area contributed by atoms with Crippen LogP contribution in [-0.2, 0) is 16.0 Å². The molecule has 1 saturated heterocycles. The van der Waals surface area contributed by atoms with Crippen LogP contribution in [0.15, 0.2) is 47.3 Å². The molecule has 0 aliphatic carbocycles. The molecule has 1 aromatic heterocycles. The van der Waals surface area contributed by atoms with Crippen molar-refractivity contribution >= 4 is 23.5 Å². The lowest BCUT2D eigenvalue weighted by Crippen LogP contribution is -2.52. The average Bonchev–Trinajstić information content (AvgIpc) is 2.93. The van der Waals surface area contributed by atoms with Crippen LogP contribution in [0.1, 0.15) is 32.7 Å². The van der Waals surface area contributed by atoms with Gasteiger partial charge >= 0.3 is 12.1 Å². The Morgan fingerprint density at radius 2 is 1.76 bits per heavy atom. The van der Waals surface area contributed by atoms with E-state index in [9.17, 15) is 31.9 Å². The largest absolute Gasteiger partial charge is 0.497 e. The molecule has 1 aliphatic heterocycles. The highest BCUT2D eigenvalue weighted by atomic mass is 19.4. The number of rotatable bonds is 5. The maximum absolute atomic E-state index is 14.6. The number of methoxy groups -OCH3 is 1. The number of benzene rings is 2. The number of halogens is 4. The molecular weight excluding hydrogens is 552 g/mol. The predicted molar refractivity (Wildman–Crippen MR) is 138 cm³/mol. The van der Waals surface area contributed by atoms with Crippen LogP contribution < -0.4 is 15.2 Å². The second-order valence-corrected chi connectivity index (χ2v) is 9.02. The first-order valence-electron chi connectivity index (χ1n) is 12.1. The molecule has 0 unspecified atom stereocenters. The molecule has 2 aromatic carbocycles. The summed E-state index contributed by atoms with van der Waals surface area (Å²) >= 11 is 0. The van der Waals surface area contributed by atoms with E-state index in [1.165, 1.54) is 17.0 Å². The molecule has 4 rings (SSSR count). The number of piperazine rings is 1. The van der Waals surface area contributed by atoms with Gasteiger partial charge in [0.25, 0.3) is 11.5 Å². The number of aliphatic carboxylic acids is 1. The van der Waals surface area contributed by atoms with Crippen molar-refractivity contribution in [2.24, 2.45) is 0 Å². The van der Waals surface area contributed by atoms with Gasteiger partial charge in [0, 0.05) is 36.8 Å². The molecule has 0 saturated carbocycles. The Kier molecular flexibility index (Phi) is 9.47. The lowest BCUT2D eigenvalue weighted by Gasteiger charge is -2.34. The second kappa shape index (κ2) is 12.6. The van der Waals surface area contributed by atoms with Crippen LogP contribution in [0.4, 0.5) is 23.2 Å². The fourth-order valence-electron chi connectivity index (χ4n) is 3.95. The molecule has 2 amide bonds. The number of alkyl halides is 3. The molecular formula is C27H26F4N4O6. The van der Waals surface area contributed by atoms with Crippen LogP contribution in [-0.4, -0.2) is 70.9 Å². The number of H-pyrrole nitrogens is 1. The summed E-state index contributed by atoms with van der Waals surface area (Å²) in [4.78, 5) is 49.5. The third-order valence-corrected chi connectivity index (χ3v) is 6.38. The summed E-state index contributed by atoms with van der Waals surface area (Å²) in [5, 5.41) is 13.7. The lowest BCUT2D eigenvalue weighted by atomic mass is 10.0. The summed E-state index contributed by atoms with van der Waals surface area (Å²) in [5.41, 5.74) is 2.96. The van der Waals surface area contributed by atoms with Gasteiger partial charge in [-0.15, -0.1) is 0 Å². The van der Waals surface area contributed by atoms with Crippen molar-refractivity contribution in [1.29, 1.82) is 0 Å². The lowest BCUT2D eigenvalue weighted by molar-refractivity contribution is -0.192. The van der Waals surface area contributed by atoms with Crippen molar-refractivity contribution < 1.29 is 41.8 Å². The number of aromatic amines is 1. The normalized spacial score (nSPS) is 13.4. The van der Waals surface area contributed by atoms with Gasteiger partial charge in [0.15, 0.2) is 0 Å². The highest BCUT2D eigenvalue weighted by molar-refractivity contribution is 6.02. The fraction of sp³-hybridized carbons (Fsp3) is 0.296. The van der Waals surface area contributed by atoms with E-state index < -0.39 is 23.9 Å². The van der Waals surface area contributed by atoms with Crippen molar-refractivity contribution in [2.75, 3.05) is 31.6 Å². The van der Waals surface area contributed by atoms with Gasteiger partial charge in [0.1, 0.15) is 18.1 Å². The van der Waals surface area contributed by atoms with E-state index >= 15 is 0 Å². The second-order valence-electron chi connectivity index (χ2n) is 9.02. The first-order chi connectivity index (χ1) is 19.2. The number of carboxylic acid groups (broad SMARTS) is 1. The number of amides is 2. The van der Waals surface area contributed by atoms with Crippen LogP contribution in [0.3, 0.4) is 0 Å². The molecule has 3 aromatic rings. The summed E-state index contributed by atoms with van der Waals surface area (Å²) in [7, 11) is 1.55. The summed E-state index contributed by atoms with van der Waals surface area (Å²) < 4.78 is 51.6. The molecule has 10 nitrogen and oxygen atoms in total. The smallest absolute Gasteiger partial charge is 0.490 e. The quantitative estimate of drug-likeness (QED) is 0.444. The number of anilines is 1. The van der Waals surface area contributed by atoms with Crippen LogP contribution >= 0.6 is 0 Å². The number of hydrogen-bond donors (Lipinski definition) is 2. The number of carboxylic acids is 1. The first kappa shape index (κ1) is 30.8. The molecule has 0 spiro atoms. The van der Waals surface area contributed by atoms with E-state index in [-0.39, 0.29) is 30.1 Å². The number of hydrogen-bond acceptors (Lipinski definition) is 6. The fourth-order valence-corrected chi connectivity index (χ4v) is 3.95. The number of carbonyl (C=O) groups excluding carboxylic acids is 2. The van der Waals surface area contributed by atoms with Gasteiger partial charge in [-0.25, -0.2) is 14.3 Å². The van der Waals surface area contributed by atoms with E-state index in [0.717, 1.165) is 5.56 Å². The van der Waals surface area contributed by atoms with Crippen LogP contribution in [0.25, 0.3) is 0 Å². The molecule has 1 aliphatic rings. The Morgan fingerprint density at radius 3 is 2.37 bits per heavy atom. The minimum atomic E-state index is -5.08. The summed E-state index contributed by atoms with van der Waals surface area (Å²) in [6, 6.07) is 11.4. The van der Waals surface area contributed by atoms with E-state index in [2.05, 4.69) is 10.2 Å². The third kappa shape index (κ3) is 7.47. The molecule has 2 heterocycles. The maximum atomic E-state index is 14.6. The van der Waals surface area contributed by atoms with Gasteiger partial charge in [0.05, 0.1) is 18.4 Å². The Bertz CT molecular complexity index is 1520. The molecule has 0 atom stereocenters. The first-order valence-corrected chi connectivity index (χ1v) is 12.1. The number of aromatic nitrogens is 2. The van der Waals surface area contributed by atoms with Crippen LogP contribution in [0, 0.1) is 19.7 Å². The van der Waals surface area contributed by atoms with E-state index in [1.54, 1.807) is 56.2 Å². The number of nitrogens with one attached hydrogen (secondary N) is 1. The Labute approximate surface area is 231 Å².